The predicted molar refractivity (Wildman–Crippen MR) is 91.6 cm³/mol. The Morgan fingerprint density at radius 2 is 1.96 bits per heavy atom. The number of morpholine rings is 1. The maximum Gasteiger partial charge on any atom is 0.317 e. The third kappa shape index (κ3) is 4.38. The van der Waals surface area contributed by atoms with Gasteiger partial charge in [0.15, 0.2) is 0 Å². The van der Waals surface area contributed by atoms with Crippen LogP contribution in [0, 0.1) is 5.92 Å². The van der Waals surface area contributed by atoms with Gasteiger partial charge >= 0.3 is 6.03 Å². The Morgan fingerprint density at radius 1 is 1.17 bits per heavy atom. The van der Waals surface area contributed by atoms with Crippen molar-refractivity contribution in [1.82, 2.24) is 15.1 Å². The Labute approximate surface area is 140 Å². The molecule has 2 saturated heterocycles. The number of urea groups is 1. The number of rotatable bonds is 5. The summed E-state index contributed by atoms with van der Waals surface area (Å²) in [7, 11) is 0. The topological polar surface area (TPSA) is 44.8 Å². The molecule has 2 amide bonds. The fourth-order valence-electron chi connectivity index (χ4n) is 4.63. The Hall–Kier alpha value is -0.810. The zero-order valence-corrected chi connectivity index (χ0v) is 14.6. The lowest BCUT2D eigenvalue weighted by Crippen LogP contribution is -2.48. The highest BCUT2D eigenvalue weighted by molar-refractivity contribution is 5.75. The van der Waals surface area contributed by atoms with Crippen LogP contribution in [-0.2, 0) is 4.74 Å². The van der Waals surface area contributed by atoms with Gasteiger partial charge in [-0.25, -0.2) is 4.79 Å². The zero-order chi connectivity index (χ0) is 16.1. The monoisotopic (exact) mass is 323 g/mol. The molecule has 0 aromatic heterocycles. The van der Waals surface area contributed by atoms with Crippen molar-refractivity contribution in [3.63, 3.8) is 0 Å². The number of likely N-dealkylation sites (tertiary alicyclic amines) is 1. The minimum atomic E-state index is 0.179. The average Bonchev–Trinajstić information content (AvgIpc) is 2.91. The van der Waals surface area contributed by atoms with Crippen molar-refractivity contribution in [2.45, 2.75) is 64.0 Å². The molecule has 23 heavy (non-hydrogen) atoms. The Balaban J connectivity index is 1.34. The van der Waals surface area contributed by atoms with Crippen LogP contribution in [0.3, 0.4) is 0 Å². The Morgan fingerprint density at radius 3 is 2.78 bits per heavy atom. The largest absolute Gasteiger partial charge is 0.379 e. The highest BCUT2D eigenvalue weighted by Gasteiger charge is 2.42. The summed E-state index contributed by atoms with van der Waals surface area (Å²) < 4.78 is 5.36. The molecule has 2 aliphatic heterocycles. The van der Waals surface area contributed by atoms with Crippen molar-refractivity contribution in [3.05, 3.63) is 0 Å². The lowest BCUT2D eigenvalue weighted by Gasteiger charge is -2.33. The quantitative estimate of drug-likeness (QED) is 0.791. The second-order valence-corrected chi connectivity index (χ2v) is 7.50. The van der Waals surface area contributed by atoms with E-state index in [1.54, 1.807) is 0 Å². The van der Waals surface area contributed by atoms with E-state index in [0.29, 0.717) is 12.1 Å². The number of hydrogen-bond acceptors (Lipinski definition) is 3. The van der Waals surface area contributed by atoms with Crippen LogP contribution in [0.2, 0.25) is 0 Å². The van der Waals surface area contributed by atoms with Gasteiger partial charge in [-0.15, -0.1) is 0 Å². The summed E-state index contributed by atoms with van der Waals surface area (Å²) in [5, 5.41) is 3.17. The van der Waals surface area contributed by atoms with E-state index < -0.39 is 0 Å². The van der Waals surface area contributed by atoms with Gasteiger partial charge in [-0.2, -0.15) is 0 Å². The molecule has 3 rings (SSSR count). The van der Waals surface area contributed by atoms with Gasteiger partial charge in [0.05, 0.1) is 13.2 Å². The number of ether oxygens (including phenoxy) is 1. The van der Waals surface area contributed by atoms with Gasteiger partial charge in [0.1, 0.15) is 0 Å². The third-order valence-electron chi connectivity index (χ3n) is 5.86. The predicted octanol–water partition coefficient (Wildman–Crippen LogP) is 2.46. The molecule has 0 bridgehead atoms. The van der Waals surface area contributed by atoms with Gasteiger partial charge in [-0.05, 0) is 51.5 Å². The van der Waals surface area contributed by atoms with Gasteiger partial charge in [0.2, 0.25) is 0 Å². The van der Waals surface area contributed by atoms with Gasteiger partial charge < -0.3 is 15.0 Å². The lowest BCUT2D eigenvalue weighted by molar-refractivity contribution is 0.0372. The van der Waals surface area contributed by atoms with Crippen molar-refractivity contribution < 1.29 is 9.53 Å². The summed E-state index contributed by atoms with van der Waals surface area (Å²) in [6.45, 7) is 8.00. The first kappa shape index (κ1) is 17.0. The highest BCUT2D eigenvalue weighted by Crippen LogP contribution is 2.39. The van der Waals surface area contributed by atoms with Crippen molar-refractivity contribution in [2.75, 3.05) is 39.4 Å². The first-order valence-electron chi connectivity index (χ1n) is 9.62. The molecule has 0 aromatic carbocycles. The summed E-state index contributed by atoms with van der Waals surface area (Å²) in [6.07, 6.45) is 8.59. The van der Waals surface area contributed by atoms with Gasteiger partial charge in [0.25, 0.3) is 0 Å². The number of carbonyl (C=O) groups excluding carboxylic acids is 1. The second-order valence-electron chi connectivity index (χ2n) is 7.50. The van der Waals surface area contributed by atoms with Gasteiger partial charge in [-0.3, -0.25) is 4.90 Å². The van der Waals surface area contributed by atoms with Crippen LogP contribution in [0.5, 0.6) is 0 Å². The number of unbranched alkanes of at least 4 members (excludes halogenated alkanes) is 1. The first-order chi connectivity index (χ1) is 11.3. The number of hydrogen-bond donors (Lipinski definition) is 1. The Bertz CT molecular complexity index is 384. The van der Waals surface area contributed by atoms with E-state index >= 15 is 0 Å². The molecule has 1 saturated carbocycles. The second kappa shape index (κ2) is 8.34. The van der Waals surface area contributed by atoms with Crippen molar-refractivity contribution >= 4 is 6.03 Å². The van der Waals surface area contributed by atoms with Crippen molar-refractivity contribution in [1.29, 1.82) is 0 Å². The van der Waals surface area contributed by atoms with E-state index in [9.17, 15) is 4.79 Å². The van der Waals surface area contributed by atoms with Crippen molar-refractivity contribution in [2.24, 2.45) is 5.92 Å². The van der Waals surface area contributed by atoms with E-state index in [2.05, 4.69) is 22.0 Å². The number of carbonyl (C=O) groups is 1. The van der Waals surface area contributed by atoms with Crippen LogP contribution in [0.25, 0.3) is 0 Å². The zero-order valence-electron chi connectivity index (χ0n) is 14.6. The smallest absolute Gasteiger partial charge is 0.317 e. The van der Waals surface area contributed by atoms with E-state index in [-0.39, 0.29) is 6.03 Å². The van der Waals surface area contributed by atoms with Gasteiger partial charge in [0, 0.05) is 31.7 Å². The average molecular weight is 323 g/mol. The molecule has 3 fully saturated rings. The number of nitrogens with one attached hydrogen (secondary N) is 1. The van der Waals surface area contributed by atoms with E-state index in [4.69, 9.17) is 4.74 Å². The first-order valence-corrected chi connectivity index (χ1v) is 9.62. The van der Waals surface area contributed by atoms with Crippen molar-refractivity contribution in [3.8, 4) is 0 Å². The summed E-state index contributed by atoms with van der Waals surface area (Å²) in [5.41, 5.74) is 0. The molecule has 1 aliphatic carbocycles. The molecule has 1 N–H and O–H groups in total. The number of nitrogens with zero attached hydrogens (tertiary/aromatic N) is 2. The standard InChI is InChI=1S/C18H33N3O2/c1-15-14-16-6-2-3-7-17(16)21(15)18(22)19-8-4-5-9-20-10-12-23-13-11-20/h15-17H,2-14H2,1H3,(H,19,22)/t15-,16+,17-/m1/s1. The molecular formula is C18H33N3O2. The molecule has 0 unspecified atom stereocenters. The van der Waals surface area contributed by atoms with Crippen LogP contribution in [0.15, 0.2) is 0 Å². The number of amides is 2. The molecule has 5 heteroatoms. The molecule has 5 nitrogen and oxygen atoms in total. The molecule has 132 valence electrons. The van der Waals surface area contributed by atoms with Gasteiger partial charge in [-0.1, -0.05) is 12.8 Å². The molecule has 0 spiro atoms. The molecular weight excluding hydrogens is 290 g/mol. The lowest BCUT2D eigenvalue weighted by atomic mass is 9.85. The fourth-order valence-corrected chi connectivity index (χ4v) is 4.63. The van der Waals surface area contributed by atoms with Crippen LogP contribution < -0.4 is 5.32 Å². The van der Waals surface area contributed by atoms with Crippen LogP contribution in [0.4, 0.5) is 4.79 Å². The number of fused-ring (bicyclic) bond motifs is 1. The molecule has 3 atom stereocenters. The normalized spacial score (nSPS) is 31.9. The molecule has 3 aliphatic rings. The van der Waals surface area contributed by atoms with Crippen LogP contribution in [0.1, 0.15) is 51.9 Å². The third-order valence-corrected chi connectivity index (χ3v) is 5.86. The van der Waals surface area contributed by atoms with Crippen LogP contribution >= 0.6 is 0 Å². The summed E-state index contributed by atoms with van der Waals surface area (Å²) in [4.78, 5) is 17.2. The SMILES string of the molecule is C[C@@H]1C[C@@H]2CCCC[C@H]2N1C(=O)NCCCCN1CCOCC1. The minimum Gasteiger partial charge on any atom is -0.379 e. The van der Waals surface area contributed by atoms with E-state index in [0.717, 1.165) is 58.2 Å². The van der Waals surface area contributed by atoms with E-state index in [1.165, 1.54) is 32.1 Å². The maximum absolute atomic E-state index is 12.6. The fraction of sp³-hybridized carbons (Fsp3) is 0.944. The minimum absolute atomic E-state index is 0.179. The molecule has 0 aromatic rings. The molecule has 2 heterocycles. The summed E-state index contributed by atoms with van der Waals surface area (Å²) in [6, 6.07) is 1.10. The maximum atomic E-state index is 12.6. The summed E-state index contributed by atoms with van der Waals surface area (Å²) in [5.74, 6) is 0.755. The Kier molecular flexibility index (Phi) is 6.17. The van der Waals surface area contributed by atoms with Crippen LogP contribution in [-0.4, -0.2) is 67.3 Å². The molecule has 0 radical (unpaired) electrons. The van der Waals surface area contributed by atoms with E-state index in [1.807, 2.05) is 0 Å². The highest BCUT2D eigenvalue weighted by atomic mass is 16.5. The summed E-state index contributed by atoms with van der Waals surface area (Å²) >= 11 is 0.